The number of furan rings is 1. The molecule has 0 atom stereocenters. The van der Waals surface area contributed by atoms with Crippen molar-refractivity contribution in [3.63, 3.8) is 0 Å². The van der Waals surface area contributed by atoms with Gasteiger partial charge in [-0.25, -0.2) is 14.4 Å². The third kappa shape index (κ3) is 2.51. The van der Waals surface area contributed by atoms with Gasteiger partial charge in [0.25, 0.3) is 0 Å². The molecule has 0 aliphatic heterocycles. The number of halogens is 1. The number of rotatable bonds is 3. The van der Waals surface area contributed by atoms with E-state index in [9.17, 15) is 4.39 Å². The van der Waals surface area contributed by atoms with Crippen molar-refractivity contribution in [2.24, 2.45) is 0 Å². The van der Waals surface area contributed by atoms with Crippen molar-refractivity contribution in [1.29, 1.82) is 5.26 Å². The predicted molar refractivity (Wildman–Crippen MR) is 73.7 cm³/mol. The van der Waals surface area contributed by atoms with E-state index in [1.807, 2.05) is 6.07 Å². The lowest BCUT2D eigenvalue weighted by Gasteiger charge is -2.08. The molecule has 0 bridgehead atoms. The van der Waals surface area contributed by atoms with Crippen LogP contribution in [0.1, 0.15) is 16.7 Å². The van der Waals surface area contributed by atoms with Crippen LogP contribution in [0.25, 0.3) is 11.3 Å². The van der Waals surface area contributed by atoms with Crippen molar-refractivity contribution >= 4 is 0 Å². The SMILES string of the molecule is N#Cc1ccc(Cc2cncnc2)c(F)c1-c1ccco1. The van der Waals surface area contributed by atoms with Crippen LogP contribution in [0, 0.1) is 17.1 Å². The Morgan fingerprint density at radius 3 is 2.67 bits per heavy atom. The van der Waals surface area contributed by atoms with E-state index in [-0.39, 0.29) is 11.1 Å². The fourth-order valence-corrected chi connectivity index (χ4v) is 2.15. The van der Waals surface area contributed by atoms with Crippen LogP contribution in [0.2, 0.25) is 0 Å². The first kappa shape index (κ1) is 13.0. The minimum absolute atomic E-state index is 0.192. The zero-order valence-corrected chi connectivity index (χ0v) is 11.0. The molecule has 1 aromatic carbocycles. The van der Waals surface area contributed by atoms with Crippen LogP contribution in [0.15, 0.2) is 53.7 Å². The van der Waals surface area contributed by atoms with Crippen LogP contribution in [0.5, 0.6) is 0 Å². The molecule has 0 aliphatic carbocycles. The molecule has 21 heavy (non-hydrogen) atoms. The number of nitrogens with zero attached hydrogens (tertiary/aromatic N) is 3. The normalized spacial score (nSPS) is 10.3. The molecule has 0 amide bonds. The van der Waals surface area contributed by atoms with Gasteiger partial charge in [-0.3, -0.25) is 0 Å². The summed E-state index contributed by atoms with van der Waals surface area (Å²) >= 11 is 0. The van der Waals surface area contributed by atoms with Gasteiger partial charge in [-0.2, -0.15) is 5.26 Å². The average molecular weight is 279 g/mol. The Labute approximate surface area is 120 Å². The van der Waals surface area contributed by atoms with E-state index in [1.54, 1.807) is 36.7 Å². The molecule has 2 heterocycles. The fraction of sp³-hybridized carbons (Fsp3) is 0.0625. The Balaban J connectivity index is 2.08. The first-order valence-electron chi connectivity index (χ1n) is 6.29. The lowest BCUT2D eigenvalue weighted by atomic mass is 9.98. The molecule has 0 N–H and O–H groups in total. The van der Waals surface area contributed by atoms with Crippen molar-refractivity contribution in [3.05, 3.63) is 71.8 Å². The monoisotopic (exact) mass is 279 g/mol. The van der Waals surface area contributed by atoms with Crippen LogP contribution in [-0.2, 0) is 6.42 Å². The lowest BCUT2D eigenvalue weighted by molar-refractivity contribution is 0.566. The Hall–Kier alpha value is -3.00. The smallest absolute Gasteiger partial charge is 0.139 e. The van der Waals surface area contributed by atoms with E-state index in [0.717, 1.165) is 5.56 Å². The number of nitriles is 1. The highest BCUT2D eigenvalue weighted by atomic mass is 19.1. The molecule has 3 rings (SSSR count). The maximum absolute atomic E-state index is 14.7. The van der Waals surface area contributed by atoms with Gasteiger partial charge < -0.3 is 4.42 Å². The average Bonchev–Trinajstić information content (AvgIpc) is 3.04. The summed E-state index contributed by atoms with van der Waals surface area (Å²) in [4.78, 5) is 7.82. The molecule has 5 heteroatoms. The number of aromatic nitrogens is 2. The van der Waals surface area contributed by atoms with Gasteiger partial charge in [0.2, 0.25) is 0 Å². The van der Waals surface area contributed by atoms with Gasteiger partial charge in [0.05, 0.1) is 23.5 Å². The highest BCUT2D eigenvalue weighted by molar-refractivity contribution is 5.68. The van der Waals surface area contributed by atoms with Crippen molar-refractivity contribution < 1.29 is 8.81 Å². The first-order valence-corrected chi connectivity index (χ1v) is 6.29. The minimum Gasteiger partial charge on any atom is -0.464 e. The van der Waals surface area contributed by atoms with Crippen molar-refractivity contribution in [1.82, 2.24) is 9.97 Å². The number of benzene rings is 1. The molecule has 0 saturated heterocycles. The van der Waals surface area contributed by atoms with Crippen LogP contribution in [0.3, 0.4) is 0 Å². The number of hydrogen-bond donors (Lipinski definition) is 0. The van der Waals surface area contributed by atoms with Gasteiger partial charge in [-0.05, 0) is 29.3 Å². The highest BCUT2D eigenvalue weighted by Gasteiger charge is 2.17. The van der Waals surface area contributed by atoms with Crippen molar-refractivity contribution in [2.45, 2.75) is 6.42 Å². The zero-order valence-electron chi connectivity index (χ0n) is 11.0. The van der Waals surface area contributed by atoms with Crippen molar-refractivity contribution in [3.8, 4) is 17.4 Å². The van der Waals surface area contributed by atoms with Gasteiger partial charge in [-0.15, -0.1) is 0 Å². The molecule has 102 valence electrons. The molecule has 0 radical (unpaired) electrons. The quantitative estimate of drug-likeness (QED) is 0.737. The lowest BCUT2D eigenvalue weighted by Crippen LogP contribution is -1.98. The largest absolute Gasteiger partial charge is 0.464 e. The van der Waals surface area contributed by atoms with E-state index < -0.39 is 5.82 Å². The van der Waals surface area contributed by atoms with Gasteiger partial charge in [-0.1, -0.05) is 6.07 Å². The second-order valence-electron chi connectivity index (χ2n) is 4.47. The van der Waals surface area contributed by atoms with E-state index in [2.05, 4.69) is 9.97 Å². The summed E-state index contributed by atoms with van der Waals surface area (Å²) in [5.41, 5.74) is 1.70. The Morgan fingerprint density at radius 1 is 1.19 bits per heavy atom. The van der Waals surface area contributed by atoms with Gasteiger partial charge in [0, 0.05) is 18.8 Å². The predicted octanol–water partition coefficient (Wildman–Crippen LogP) is 3.34. The summed E-state index contributed by atoms with van der Waals surface area (Å²) in [5, 5.41) is 9.14. The van der Waals surface area contributed by atoms with E-state index in [4.69, 9.17) is 9.68 Å². The van der Waals surface area contributed by atoms with Crippen LogP contribution >= 0.6 is 0 Å². The van der Waals surface area contributed by atoms with Crippen LogP contribution in [-0.4, -0.2) is 9.97 Å². The number of hydrogen-bond acceptors (Lipinski definition) is 4. The van der Waals surface area contributed by atoms with E-state index >= 15 is 0 Å². The molecular formula is C16H10FN3O. The molecule has 0 spiro atoms. The third-order valence-electron chi connectivity index (χ3n) is 3.12. The topological polar surface area (TPSA) is 62.7 Å². The highest BCUT2D eigenvalue weighted by Crippen LogP contribution is 2.30. The van der Waals surface area contributed by atoms with Gasteiger partial charge in [0.15, 0.2) is 0 Å². The van der Waals surface area contributed by atoms with Crippen LogP contribution in [0.4, 0.5) is 4.39 Å². The van der Waals surface area contributed by atoms with E-state index in [1.165, 1.54) is 12.6 Å². The molecule has 0 unspecified atom stereocenters. The summed E-state index contributed by atoms with van der Waals surface area (Å²) in [6, 6.07) is 8.49. The molecule has 0 saturated carbocycles. The fourth-order valence-electron chi connectivity index (χ4n) is 2.15. The molecule has 3 aromatic rings. The summed E-state index contributed by atoms with van der Waals surface area (Å²) in [6.07, 6.45) is 6.50. The maximum Gasteiger partial charge on any atom is 0.139 e. The minimum atomic E-state index is -0.451. The first-order chi connectivity index (χ1) is 10.3. The standard InChI is InChI=1S/C16H10FN3O/c17-16-12(6-11-8-19-10-20-9-11)3-4-13(7-18)15(16)14-2-1-5-21-14/h1-5,8-10H,6H2. The molecule has 4 nitrogen and oxygen atoms in total. The molecule has 0 fully saturated rings. The van der Waals surface area contributed by atoms with E-state index in [0.29, 0.717) is 17.7 Å². The van der Waals surface area contributed by atoms with Gasteiger partial charge in [0.1, 0.15) is 17.9 Å². The summed E-state index contributed by atoms with van der Waals surface area (Å²) in [6.45, 7) is 0. The second kappa shape index (κ2) is 5.55. The molecule has 0 aliphatic rings. The summed E-state index contributed by atoms with van der Waals surface area (Å²) in [5.74, 6) is -0.108. The van der Waals surface area contributed by atoms with Gasteiger partial charge >= 0.3 is 0 Å². The third-order valence-corrected chi connectivity index (χ3v) is 3.12. The Kier molecular flexibility index (Phi) is 3.44. The molecular weight excluding hydrogens is 269 g/mol. The second-order valence-corrected chi connectivity index (χ2v) is 4.47. The zero-order chi connectivity index (χ0) is 14.7. The molecule has 2 aromatic heterocycles. The Morgan fingerprint density at radius 2 is 2.00 bits per heavy atom. The summed E-state index contributed by atoms with van der Waals surface area (Å²) in [7, 11) is 0. The Bertz CT molecular complexity index is 792. The van der Waals surface area contributed by atoms with Crippen LogP contribution < -0.4 is 0 Å². The van der Waals surface area contributed by atoms with Crippen molar-refractivity contribution in [2.75, 3.05) is 0 Å². The maximum atomic E-state index is 14.7. The summed E-state index contributed by atoms with van der Waals surface area (Å²) < 4.78 is 19.9.